The molecule has 32 heavy (non-hydrogen) atoms. The molecule has 1 amide bonds. The molecule has 6 nitrogen and oxygen atoms in total. The third-order valence-electron chi connectivity index (χ3n) is 5.71. The van der Waals surface area contributed by atoms with E-state index in [1.54, 1.807) is 18.4 Å². The summed E-state index contributed by atoms with van der Waals surface area (Å²) in [6.07, 6.45) is 7.63. The van der Waals surface area contributed by atoms with Gasteiger partial charge < -0.3 is 19.6 Å². The van der Waals surface area contributed by atoms with Gasteiger partial charge in [0.15, 0.2) is 11.5 Å². The van der Waals surface area contributed by atoms with Gasteiger partial charge >= 0.3 is 0 Å². The summed E-state index contributed by atoms with van der Waals surface area (Å²) in [5, 5.41) is 12.8. The summed E-state index contributed by atoms with van der Waals surface area (Å²) < 4.78 is 10.6. The number of methoxy groups -OCH3 is 1. The number of hydrogen-bond acceptors (Lipinski definition) is 5. The van der Waals surface area contributed by atoms with Gasteiger partial charge in [-0.25, -0.2) is 0 Å². The fourth-order valence-electron chi connectivity index (χ4n) is 3.98. The fraction of sp³-hybridized carbons (Fsp3) is 0.269. The second kappa shape index (κ2) is 10.2. The maximum absolute atomic E-state index is 12.8. The number of anilines is 1. The number of piperidine rings is 1. The number of ether oxygens (including phenoxy) is 1. The summed E-state index contributed by atoms with van der Waals surface area (Å²) in [5.41, 5.74) is 2.74. The van der Waals surface area contributed by atoms with Crippen LogP contribution in [0.1, 0.15) is 18.4 Å². The third-order valence-corrected chi connectivity index (χ3v) is 5.71. The normalized spacial score (nSPS) is 16.8. The molecule has 1 saturated heterocycles. The monoisotopic (exact) mass is 432 g/mol. The molecule has 1 aliphatic rings. The number of carbonyl (C=O) groups excluding carboxylic acids is 1. The highest BCUT2D eigenvalue weighted by Crippen LogP contribution is 2.27. The lowest BCUT2D eigenvalue weighted by molar-refractivity contribution is -0.121. The van der Waals surface area contributed by atoms with Crippen LogP contribution in [0.25, 0.3) is 17.4 Å². The van der Waals surface area contributed by atoms with Crippen LogP contribution in [0.3, 0.4) is 0 Å². The number of furan rings is 1. The number of nitrogens with one attached hydrogen (secondary N) is 1. The molecule has 2 heterocycles. The molecule has 3 aromatic rings. The van der Waals surface area contributed by atoms with Crippen LogP contribution in [-0.4, -0.2) is 42.7 Å². The van der Waals surface area contributed by atoms with Crippen molar-refractivity contribution < 1.29 is 19.1 Å². The Balaban J connectivity index is 1.30. The van der Waals surface area contributed by atoms with E-state index in [9.17, 15) is 9.90 Å². The lowest BCUT2D eigenvalue weighted by atomic mass is 9.97. The molecule has 1 aromatic heterocycles. The van der Waals surface area contributed by atoms with Crippen LogP contribution in [0.15, 0.2) is 71.4 Å². The predicted octanol–water partition coefficient (Wildman–Crippen LogP) is 5.02. The molecular formula is C26H28N2O4. The Morgan fingerprint density at radius 2 is 2.09 bits per heavy atom. The number of hydrogen-bond donors (Lipinski definition) is 2. The van der Waals surface area contributed by atoms with Crippen LogP contribution >= 0.6 is 0 Å². The van der Waals surface area contributed by atoms with Crippen LogP contribution in [0.4, 0.5) is 5.69 Å². The molecule has 1 fully saturated rings. The molecule has 2 aromatic carbocycles. The average molecular weight is 433 g/mol. The van der Waals surface area contributed by atoms with Crippen LogP contribution in [0.5, 0.6) is 11.5 Å². The van der Waals surface area contributed by atoms with Gasteiger partial charge in [0.05, 0.1) is 19.3 Å². The number of rotatable bonds is 7. The van der Waals surface area contributed by atoms with Gasteiger partial charge in [0, 0.05) is 24.3 Å². The van der Waals surface area contributed by atoms with Crippen molar-refractivity contribution in [3.8, 4) is 22.8 Å². The van der Waals surface area contributed by atoms with Gasteiger partial charge in [0.1, 0.15) is 5.76 Å². The molecule has 1 aliphatic heterocycles. The number of amides is 1. The summed E-state index contributed by atoms with van der Waals surface area (Å²) in [6, 6.07) is 16.8. The first kappa shape index (κ1) is 21.7. The highest BCUT2D eigenvalue weighted by atomic mass is 16.5. The van der Waals surface area contributed by atoms with Gasteiger partial charge in [-0.15, -0.1) is 0 Å². The Bertz CT molecular complexity index is 1060. The van der Waals surface area contributed by atoms with Gasteiger partial charge in [-0.05, 0) is 73.5 Å². The molecule has 166 valence electrons. The molecule has 0 spiro atoms. The van der Waals surface area contributed by atoms with Gasteiger partial charge in [0.2, 0.25) is 5.91 Å². The van der Waals surface area contributed by atoms with Crippen molar-refractivity contribution in [2.24, 2.45) is 5.92 Å². The molecule has 0 unspecified atom stereocenters. The van der Waals surface area contributed by atoms with Gasteiger partial charge in [-0.3, -0.25) is 9.69 Å². The summed E-state index contributed by atoms with van der Waals surface area (Å²) in [5.74, 6) is 1.43. The number of aromatic hydroxyl groups is 1. The van der Waals surface area contributed by atoms with Crippen molar-refractivity contribution in [2.45, 2.75) is 12.8 Å². The van der Waals surface area contributed by atoms with E-state index in [-0.39, 0.29) is 17.6 Å². The SMILES string of the molecule is COc1cc(/C=C/CN2CCC[C@@H](C(=O)Nc3ccc(-c4ccco4)cc3)C2)ccc1O. The Morgan fingerprint density at radius 1 is 1.25 bits per heavy atom. The summed E-state index contributed by atoms with van der Waals surface area (Å²) in [6.45, 7) is 2.48. The first-order chi connectivity index (χ1) is 15.6. The first-order valence-corrected chi connectivity index (χ1v) is 10.8. The molecular weight excluding hydrogens is 404 g/mol. The molecule has 4 rings (SSSR count). The lowest BCUT2D eigenvalue weighted by Crippen LogP contribution is -2.40. The minimum absolute atomic E-state index is 0.0318. The maximum Gasteiger partial charge on any atom is 0.228 e. The molecule has 6 heteroatoms. The molecule has 0 aliphatic carbocycles. The van der Waals surface area contributed by atoms with Crippen LogP contribution in [-0.2, 0) is 4.79 Å². The second-order valence-electron chi connectivity index (χ2n) is 7.98. The maximum atomic E-state index is 12.8. The zero-order valence-corrected chi connectivity index (χ0v) is 18.2. The molecule has 0 saturated carbocycles. The van der Waals surface area contributed by atoms with E-state index < -0.39 is 0 Å². The number of nitrogens with zero attached hydrogens (tertiary/aromatic N) is 1. The van der Waals surface area contributed by atoms with Crippen LogP contribution in [0, 0.1) is 5.92 Å². The predicted molar refractivity (Wildman–Crippen MR) is 126 cm³/mol. The Morgan fingerprint density at radius 3 is 2.84 bits per heavy atom. The smallest absolute Gasteiger partial charge is 0.228 e. The Hall–Kier alpha value is -3.51. The average Bonchev–Trinajstić information content (AvgIpc) is 3.36. The highest BCUT2D eigenvalue weighted by molar-refractivity contribution is 5.93. The minimum Gasteiger partial charge on any atom is -0.504 e. The standard InChI is InChI=1S/C26H28N2O4/c1-31-25-17-19(8-13-23(25)29)5-2-14-28-15-3-6-21(18-28)26(30)27-22-11-9-20(10-12-22)24-7-4-16-32-24/h2,4-5,7-13,16-17,21,29H,3,6,14-15,18H2,1H3,(H,27,30)/b5-2+/t21-/m1/s1. The van der Waals surface area contributed by atoms with Crippen LogP contribution < -0.4 is 10.1 Å². The van der Waals surface area contributed by atoms with E-state index in [4.69, 9.17) is 9.15 Å². The topological polar surface area (TPSA) is 74.9 Å². The van der Waals surface area contributed by atoms with Crippen molar-refractivity contribution >= 4 is 17.7 Å². The number of likely N-dealkylation sites (tertiary alicyclic amines) is 1. The van der Waals surface area contributed by atoms with E-state index in [1.165, 1.54) is 7.11 Å². The largest absolute Gasteiger partial charge is 0.504 e. The molecule has 0 radical (unpaired) electrons. The van der Waals surface area contributed by atoms with E-state index in [0.717, 1.165) is 55.1 Å². The summed E-state index contributed by atoms with van der Waals surface area (Å²) in [4.78, 5) is 15.1. The van der Waals surface area contributed by atoms with E-state index in [2.05, 4.69) is 16.3 Å². The van der Waals surface area contributed by atoms with Crippen molar-refractivity contribution in [3.63, 3.8) is 0 Å². The van der Waals surface area contributed by atoms with Gasteiger partial charge in [-0.1, -0.05) is 18.2 Å². The summed E-state index contributed by atoms with van der Waals surface area (Å²) in [7, 11) is 1.54. The number of phenols is 1. The molecule has 1 atom stereocenters. The van der Waals surface area contributed by atoms with Crippen molar-refractivity contribution in [1.29, 1.82) is 0 Å². The van der Waals surface area contributed by atoms with Crippen molar-refractivity contribution in [3.05, 3.63) is 72.5 Å². The Labute approximate surface area is 188 Å². The molecule has 0 bridgehead atoms. The van der Waals surface area contributed by atoms with Crippen molar-refractivity contribution in [1.82, 2.24) is 4.90 Å². The van der Waals surface area contributed by atoms with E-state index in [0.29, 0.717) is 5.75 Å². The summed E-state index contributed by atoms with van der Waals surface area (Å²) >= 11 is 0. The zero-order chi connectivity index (χ0) is 22.3. The number of benzene rings is 2. The van der Waals surface area contributed by atoms with E-state index >= 15 is 0 Å². The quantitative estimate of drug-likeness (QED) is 0.548. The highest BCUT2D eigenvalue weighted by Gasteiger charge is 2.25. The third kappa shape index (κ3) is 5.39. The van der Waals surface area contributed by atoms with E-state index in [1.807, 2.05) is 48.5 Å². The van der Waals surface area contributed by atoms with Gasteiger partial charge in [0.25, 0.3) is 0 Å². The Kier molecular flexibility index (Phi) is 6.92. The lowest BCUT2D eigenvalue weighted by Gasteiger charge is -2.31. The van der Waals surface area contributed by atoms with Crippen LogP contribution in [0.2, 0.25) is 0 Å². The first-order valence-electron chi connectivity index (χ1n) is 10.8. The van der Waals surface area contributed by atoms with Crippen molar-refractivity contribution in [2.75, 3.05) is 32.1 Å². The molecule has 2 N–H and O–H groups in total. The van der Waals surface area contributed by atoms with Gasteiger partial charge in [-0.2, -0.15) is 0 Å². The second-order valence-corrected chi connectivity index (χ2v) is 7.98. The minimum atomic E-state index is -0.0318. The number of phenolic OH excluding ortho intramolecular Hbond substituents is 1. The zero-order valence-electron chi connectivity index (χ0n) is 18.2. The fourth-order valence-corrected chi connectivity index (χ4v) is 3.98. The number of carbonyl (C=O) groups is 1.